The number of carboxylic acid groups (broad SMARTS) is 1. The first-order valence-corrected chi connectivity index (χ1v) is 5.40. The third-order valence-corrected chi connectivity index (χ3v) is 3.80. The van der Waals surface area contributed by atoms with Crippen LogP contribution in [0.4, 0.5) is 0 Å². The zero-order valence-corrected chi connectivity index (χ0v) is 8.62. The fourth-order valence-corrected chi connectivity index (χ4v) is 2.97. The number of aliphatic carboxylic acids is 1. The quantitative estimate of drug-likeness (QED) is 0.573. The van der Waals surface area contributed by atoms with Crippen LogP contribution in [0, 0.1) is 0 Å². The highest BCUT2D eigenvalue weighted by molar-refractivity contribution is 8.00. The van der Waals surface area contributed by atoms with E-state index in [1.165, 1.54) is 22.7 Å². The van der Waals surface area contributed by atoms with Crippen molar-refractivity contribution in [3.05, 3.63) is 23.9 Å². The van der Waals surface area contributed by atoms with Gasteiger partial charge in [-0.05, 0) is 5.57 Å². The van der Waals surface area contributed by atoms with E-state index in [0.717, 1.165) is 0 Å². The molecule has 0 aromatic heterocycles. The first-order valence-electron chi connectivity index (χ1n) is 4.35. The molecular formula is C9H9N2O3S-. The Labute approximate surface area is 90.6 Å². The number of fused-ring (bicyclic) bond motifs is 1. The summed E-state index contributed by atoms with van der Waals surface area (Å²) in [7, 11) is 0. The SMILES string of the molecule is C=CC1=C(C(=O)[O-])N2C(=O)C(N)C2SC1. The molecule has 2 heterocycles. The Hall–Kier alpha value is -1.27. The Balaban J connectivity index is 2.42. The second-order valence-electron chi connectivity index (χ2n) is 3.30. The van der Waals surface area contributed by atoms with E-state index >= 15 is 0 Å². The Morgan fingerprint density at radius 2 is 2.40 bits per heavy atom. The number of nitrogens with zero attached hydrogens (tertiary/aromatic N) is 1. The van der Waals surface area contributed by atoms with Crippen LogP contribution in [0.3, 0.4) is 0 Å². The molecule has 2 N–H and O–H groups in total. The average molecular weight is 225 g/mol. The number of carbonyl (C=O) groups is 2. The first kappa shape index (κ1) is 10.3. The van der Waals surface area contributed by atoms with Gasteiger partial charge in [-0.2, -0.15) is 0 Å². The van der Waals surface area contributed by atoms with Crippen molar-refractivity contribution in [3.63, 3.8) is 0 Å². The maximum Gasteiger partial charge on any atom is 0.248 e. The number of hydrogen-bond donors (Lipinski definition) is 1. The molecule has 1 amide bonds. The van der Waals surface area contributed by atoms with Crippen molar-refractivity contribution in [2.45, 2.75) is 11.4 Å². The van der Waals surface area contributed by atoms with Crippen molar-refractivity contribution in [1.82, 2.24) is 4.90 Å². The number of nitrogens with two attached hydrogens (primary N) is 1. The van der Waals surface area contributed by atoms with Gasteiger partial charge in [0.1, 0.15) is 11.4 Å². The van der Waals surface area contributed by atoms with Crippen molar-refractivity contribution in [1.29, 1.82) is 0 Å². The molecule has 2 aliphatic heterocycles. The molecule has 2 atom stereocenters. The monoisotopic (exact) mass is 225 g/mol. The Morgan fingerprint density at radius 1 is 1.73 bits per heavy atom. The zero-order chi connectivity index (χ0) is 11.2. The smallest absolute Gasteiger partial charge is 0.248 e. The highest BCUT2D eigenvalue weighted by Crippen LogP contribution is 2.39. The molecule has 0 bridgehead atoms. The minimum atomic E-state index is -1.35. The summed E-state index contributed by atoms with van der Waals surface area (Å²) in [4.78, 5) is 23.5. The molecule has 6 heteroatoms. The van der Waals surface area contributed by atoms with E-state index in [9.17, 15) is 14.7 Å². The summed E-state index contributed by atoms with van der Waals surface area (Å²) < 4.78 is 0. The van der Waals surface area contributed by atoms with E-state index in [2.05, 4.69) is 6.58 Å². The predicted octanol–water partition coefficient (Wildman–Crippen LogP) is -1.58. The molecule has 2 unspecified atom stereocenters. The van der Waals surface area contributed by atoms with Gasteiger partial charge in [-0.25, -0.2) is 0 Å². The molecule has 1 fully saturated rings. The standard InChI is InChI=1S/C9H10N2O3S/c1-2-4-3-15-8-5(10)7(12)11(8)6(4)9(13)14/h2,5,8H,1,3,10H2,(H,13,14)/p-1. The normalized spacial score (nSPS) is 29.7. The first-order chi connectivity index (χ1) is 7.07. The lowest BCUT2D eigenvalue weighted by atomic mass is 10.0. The Bertz CT molecular complexity index is 391. The van der Waals surface area contributed by atoms with E-state index < -0.39 is 12.0 Å². The van der Waals surface area contributed by atoms with E-state index in [4.69, 9.17) is 5.73 Å². The molecule has 15 heavy (non-hydrogen) atoms. The summed E-state index contributed by atoms with van der Waals surface area (Å²) in [5.41, 5.74) is 5.98. The fourth-order valence-electron chi connectivity index (χ4n) is 1.69. The van der Waals surface area contributed by atoms with Crippen molar-refractivity contribution < 1.29 is 14.7 Å². The predicted molar refractivity (Wildman–Crippen MR) is 53.3 cm³/mol. The largest absolute Gasteiger partial charge is 0.543 e. The zero-order valence-electron chi connectivity index (χ0n) is 7.80. The van der Waals surface area contributed by atoms with Crippen LogP contribution in [0.25, 0.3) is 0 Å². The highest BCUT2D eigenvalue weighted by Gasteiger charge is 2.49. The van der Waals surface area contributed by atoms with Crippen molar-refractivity contribution >= 4 is 23.6 Å². The number of hydrogen-bond acceptors (Lipinski definition) is 5. The van der Waals surface area contributed by atoms with E-state index in [1.807, 2.05) is 0 Å². The van der Waals surface area contributed by atoms with Gasteiger partial charge < -0.3 is 15.6 Å². The summed E-state index contributed by atoms with van der Waals surface area (Å²) in [6.07, 6.45) is 1.44. The molecule has 0 radical (unpaired) electrons. The lowest BCUT2D eigenvalue weighted by molar-refractivity contribution is -0.301. The fraction of sp³-hybridized carbons (Fsp3) is 0.333. The second-order valence-corrected chi connectivity index (χ2v) is 4.41. The van der Waals surface area contributed by atoms with Gasteiger partial charge in [0, 0.05) is 5.75 Å². The Morgan fingerprint density at radius 3 is 2.93 bits per heavy atom. The molecule has 2 rings (SSSR count). The van der Waals surface area contributed by atoms with Crippen LogP contribution in [0.1, 0.15) is 0 Å². The van der Waals surface area contributed by atoms with Gasteiger partial charge in [-0.15, -0.1) is 11.8 Å². The van der Waals surface area contributed by atoms with E-state index in [-0.39, 0.29) is 17.0 Å². The molecule has 0 aliphatic carbocycles. The van der Waals surface area contributed by atoms with Crippen LogP contribution in [-0.2, 0) is 9.59 Å². The molecule has 0 aromatic rings. The van der Waals surface area contributed by atoms with Crippen LogP contribution in [0.15, 0.2) is 23.9 Å². The van der Waals surface area contributed by atoms with Gasteiger partial charge in [-0.3, -0.25) is 9.69 Å². The molecule has 1 saturated heterocycles. The number of carbonyl (C=O) groups excluding carboxylic acids is 2. The summed E-state index contributed by atoms with van der Waals surface area (Å²) in [5.74, 6) is -1.23. The van der Waals surface area contributed by atoms with Crippen LogP contribution in [0.2, 0.25) is 0 Å². The third-order valence-electron chi connectivity index (χ3n) is 2.48. The van der Waals surface area contributed by atoms with Gasteiger partial charge in [0.2, 0.25) is 5.91 Å². The average Bonchev–Trinajstić information content (AvgIpc) is 2.25. The van der Waals surface area contributed by atoms with E-state index in [0.29, 0.717) is 11.3 Å². The number of allylic oxidation sites excluding steroid dienone is 1. The summed E-state index contributed by atoms with van der Waals surface area (Å²) >= 11 is 1.44. The van der Waals surface area contributed by atoms with Gasteiger partial charge in [0.05, 0.1) is 11.7 Å². The summed E-state index contributed by atoms with van der Waals surface area (Å²) in [6, 6.07) is -0.601. The Kier molecular flexibility index (Phi) is 2.32. The lowest BCUT2D eigenvalue weighted by Crippen LogP contribution is -2.69. The number of thioether (sulfide) groups is 1. The summed E-state index contributed by atoms with van der Waals surface area (Å²) in [5, 5.41) is 10.6. The molecule has 2 aliphatic rings. The molecule has 5 nitrogen and oxygen atoms in total. The topological polar surface area (TPSA) is 86.5 Å². The van der Waals surface area contributed by atoms with Crippen LogP contribution in [0.5, 0.6) is 0 Å². The molecule has 0 saturated carbocycles. The minimum Gasteiger partial charge on any atom is -0.543 e. The number of amides is 1. The van der Waals surface area contributed by atoms with Crippen LogP contribution < -0.4 is 10.8 Å². The van der Waals surface area contributed by atoms with Gasteiger partial charge >= 0.3 is 0 Å². The van der Waals surface area contributed by atoms with Gasteiger partial charge in [0.15, 0.2) is 0 Å². The van der Waals surface area contributed by atoms with Crippen molar-refractivity contribution in [2.24, 2.45) is 5.73 Å². The molecule has 0 aromatic carbocycles. The maximum atomic E-state index is 11.4. The maximum absolute atomic E-state index is 11.4. The minimum absolute atomic E-state index is 0.0829. The highest BCUT2D eigenvalue weighted by atomic mass is 32.2. The van der Waals surface area contributed by atoms with Crippen LogP contribution in [-0.4, -0.2) is 33.9 Å². The second kappa shape index (κ2) is 3.39. The lowest BCUT2D eigenvalue weighted by Gasteiger charge is -2.49. The number of β-lactam (4-membered cyclic amide) rings is 1. The van der Waals surface area contributed by atoms with Gasteiger partial charge in [-0.1, -0.05) is 12.7 Å². The molecule has 0 spiro atoms. The van der Waals surface area contributed by atoms with E-state index in [1.54, 1.807) is 0 Å². The molecule has 80 valence electrons. The van der Waals surface area contributed by atoms with Crippen LogP contribution >= 0.6 is 11.8 Å². The van der Waals surface area contributed by atoms with Crippen molar-refractivity contribution in [2.75, 3.05) is 5.75 Å². The molecular weight excluding hydrogens is 216 g/mol. The van der Waals surface area contributed by atoms with Crippen molar-refractivity contribution in [3.8, 4) is 0 Å². The number of rotatable bonds is 2. The number of carboxylic acids is 1. The third kappa shape index (κ3) is 1.29. The summed E-state index contributed by atoms with van der Waals surface area (Å²) in [6.45, 7) is 3.51. The van der Waals surface area contributed by atoms with Gasteiger partial charge in [0.25, 0.3) is 0 Å².